The second kappa shape index (κ2) is 8.31. The van der Waals surface area contributed by atoms with E-state index < -0.39 is 11.8 Å². The van der Waals surface area contributed by atoms with Crippen molar-refractivity contribution in [2.24, 2.45) is 11.7 Å². The van der Waals surface area contributed by atoms with Gasteiger partial charge in [0.1, 0.15) is 5.75 Å². The van der Waals surface area contributed by atoms with Crippen molar-refractivity contribution in [1.29, 1.82) is 0 Å². The molecule has 28 heavy (non-hydrogen) atoms. The number of rotatable bonds is 6. The van der Waals surface area contributed by atoms with Gasteiger partial charge in [0.25, 0.3) is 5.91 Å². The third kappa shape index (κ3) is 4.61. The number of benzene rings is 2. The molecule has 1 saturated heterocycles. The zero-order chi connectivity index (χ0) is 20.3. The molecule has 0 saturated carbocycles. The minimum absolute atomic E-state index is 0.122. The van der Waals surface area contributed by atoms with Crippen molar-refractivity contribution in [2.75, 3.05) is 23.4 Å². The molecule has 3 N–H and O–H groups in total. The van der Waals surface area contributed by atoms with E-state index in [9.17, 15) is 14.4 Å². The fraction of sp³-hybridized carbons (Fsp3) is 0.250. The number of ether oxygens (including phenoxy) is 1. The van der Waals surface area contributed by atoms with Crippen LogP contribution in [0.25, 0.3) is 0 Å². The van der Waals surface area contributed by atoms with E-state index in [0.29, 0.717) is 22.1 Å². The van der Waals surface area contributed by atoms with E-state index in [1.807, 2.05) is 13.0 Å². The maximum atomic E-state index is 12.0. The van der Waals surface area contributed by atoms with E-state index in [0.717, 1.165) is 5.56 Å². The molecular weight excluding hydrogens is 382 g/mol. The number of hydrogen-bond donors (Lipinski definition) is 2. The first-order chi connectivity index (χ1) is 13.3. The lowest BCUT2D eigenvalue weighted by Gasteiger charge is -2.16. The highest BCUT2D eigenvalue weighted by Gasteiger charge is 2.33. The average molecular weight is 402 g/mol. The molecule has 2 aromatic carbocycles. The molecule has 146 valence electrons. The molecule has 1 aliphatic heterocycles. The Morgan fingerprint density at radius 3 is 2.57 bits per heavy atom. The van der Waals surface area contributed by atoms with Crippen LogP contribution in [0.4, 0.5) is 11.4 Å². The number of aryl methyl sites for hydroxylation is 1. The zero-order valence-corrected chi connectivity index (χ0v) is 16.0. The minimum Gasteiger partial charge on any atom is -0.484 e. The number of carbonyl (C=O) groups is 3. The molecule has 1 fully saturated rings. The highest BCUT2D eigenvalue weighted by Crippen LogP contribution is 2.26. The maximum absolute atomic E-state index is 12.0. The summed E-state index contributed by atoms with van der Waals surface area (Å²) in [6, 6.07) is 12.0. The van der Waals surface area contributed by atoms with Gasteiger partial charge in [0.15, 0.2) is 6.61 Å². The van der Waals surface area contributed by atoms with Gasteiger partial charge in [0.05, 0.1) is 5.92 Å². The van der Waals surface area contributed by atoms with Crippen LogP contribution in [0.1, 0.15) is 12.0 Å². The van der Waals surface area contributed by atoms with Gasteiger partial charge in [-0.05, 0) is 48.9 Å². The first kappa shape index (κ1) is 19.7. The SMILES string of the molecule is Cc1ccc(NC(=O)COc2ccc(N3C[C@H](C(N)=O)CC3=O)cc2)cc1Cl. The number of primary amides is 1. The molecule has 1 heterocycles. The third-order valence-corrected chi connectivity index (χ3v) is 4.91. The van der Waals surface area contributed by atoms with Crippen molar-refractivity contribution in [3.8, 4) is 5.75 Å². The van der Waals surface area contributed by atoms with Crippen LogP contribution in [0.2, 0.25) is 5.02 Å². The van der Waals surface area contributed by atoms with Gasteiger partial charge in [-0.3, -0.25) is 14.4 Å². The Morgan fingerprint density at radius 1 is 1.25 bits per heavy atom. The Hall–Kier alpha value is -3.06. The van der Waals surface area contributed by atoms with Gasteiger partial charge in [-0.1, -0.05) is 17.7 Å². The van der Waals surface area contributed by atoms with Crippen LogP contribution in [0, 0.1) is 12.8 Å². The number of nitrogens with one attached hydrogen (secondary N) is 1. The largest absolute Gasteiger partial charge is 0.484 e. The summed E-state index contributed by atoms with van der Waals surface area (Å²) in [5, 5.41) is 3.29. The van der Waals surface area contributed by atoms with Crippen molar-refractivity contribution < 1.29 is 19.1 Å². The van der Waals surface area contributed by atoms with Crippen molar-refractivity contribution >= 4 is 40.7 Å². The van der Waals surface area contributed by atoms with E-state index in [-0.39, 0.29) is 31.4 Å². The molecule has 3 amide bonds. The van der Waals surface area contributed by atoms with Gasteiger partial charge in [0.2, 0.25) is 11.8 Å². The highest BCUT2D eigenvalue weighted by molar-refractivity contribution is 6.31. The Labute approximate surface area is 167 Å². The molecule has 3 rings (SSSR count). The van der Waals surface area contributed by atoms with Gasteiger partial charge in [-0.15, -0.1) is 0 Å². The Balaban J connectivity index is 1.54. The first-order valence-corrected chi connectivity index (χ1v) is 9.10. The number of anilines is 2. The zero-order valence-electron chi connectivity index (χ0n) is 15.3. The number of hydrogen-bond acceptors (Lipinski definition) is 4. The second-order valence-corrected chi connectivity index (χ2v) is 7.01. The van der Waals surface area contributed by atoms with Crippen molar-refractivity contribution in [3.05, 3.63) is 53.1 Å². The highest BCUT2D eigenvalue weighted by atomic mass is 35.5. The fourth-order valence-electron chi connectivity index (χ4n) is 2.89. The summed E-state index contributed by atoms with van der Waals surface area (Å²) >= 11 is 6.04. The van der Waals surface area contributed by atoms with Crippen LogP contribution < -0.4 is 20.7 Å². The number of halogens is 1. The monoisotopic (exact) mass is 401 g/mol. The van der Waals surface area contributed by atoms with Gasteiger partial charge >= 0.3 is 0 Å². The molecule has 7 nitrogen and oxygen atoms in total. The van der Waals surface area contributed by atoms with Crippen LogP contribution in [-0.4, -0.2) is 30.9 Å². The molecule has 1 atom stereocenters. The lowest BCUT2D eigenvalue weighted by Crippen LogP contribution is -2.28. The number of carbonyl (C=O) groups excluding carboxylic acids is 3. The van der Waals surface area contributed by atoms with E-state index in [1.54, 1.807) is 36.4 Å². The molecule has 1 aliphatic rings. The van der Waals surface area contributed by atoms with Gasteiger partial charge in [-0.25, -0.2) is 0 Å². The van der Waals surface area contributed by atoms with Gasteiger partial charge in [0, 0.05) is 29.4 Å². The number of nitrogens with two attached hydrogens (primary N) is 1. The summed E-state index contributed by atoms with van der Waals surface area (Å²) in [6.45, 7) is 1.98. The molecule has 0 unspecified atom stereocenters. The van der Waals surface area contributed by atoms with Crippen LogP contribution in [0.3, 0.4) is 0 Å². The van der Waals surface area contributed by atoms with Gasteiger partial charge < -0.3 is 20.7 Å². The average Bonchev–Trinajstić information content (AvgIpc) is 3.06. The summed E-state index contributed by atoms with van der Waals surface area (Å²) in [5.41, 5.74) is 7.45. The standard InChI is InChI=1S/C20H20ClN3O4/c1-12-2-3-14(9-17(12)21)23-18(25)11-28-16-6-4-15(5-7-16)24-10-13(20(22)27)8-19(24)26/h2-7,9,13H,8,10-11H2,1H3,(H2,22,27)(H,23,25)/t13-/m1/s1. The van der Waals surface area contributed by atoms with Crippen molar-refractivity contribution in [3.63, 3.8) is 0 Å². The maximum Gasteiger partial charge on any atom is 0.262 e. The summed E-state index contributed by atoms with van der Waals surface area (Å²) in [7, 11) is 0. The van der Waals surface area contributed by atoms with E-state index in [4.69, 9.17) is 22.1 Å². The van der Waals surface area contributed by atoms with E-state index >= 15 is 0 Å². The molecule has 0 aromatic heterocycles. The third-order valence-electron chi connectivity index (χ3n) is 4.50. The summed E-state index contributed by atoms with van der Waals surface area (Å²) in [5.74, 6) is -0.922. The van der Waals surface area contributed by atoms with Gasteiger partial charge in [-0.2, -0.15) is 0 Å². The molecular formula is C20H20ClN3O4. The lowest BCUT2D eigenvalue weighted by atomic mass is 10.1. The topological polar surface area (TPSA) is 102 Å². The molecule has 0 aliphatic carbocycles. The fourth-order valence-corrected chi connectivity index (χ4v) is 3.07. The minimum atomic E-state index is -0.475. The molecule has 2 aromatic rings. The smallest absolute Gasteiger partial charge is 0.262 e. The van der Waals surface area contributed by atoms with Crippen molar-refractivity contribution in [2.45, 2.75) is 13.3 Å². The first-order valence-electron chi connectivity index (χ1n) is 8.72. The summed E-state index contributed by atoms with van der Waals surface area (Å²) < 4.78 is 5.48. The normalized spacial score (nSPS) is 16.1. The number of amides is 3. The van der Waals surface area contributed by atoms with Crippen LogP contribution in [-0.2, 0) is 14.4 Å². The molecule has 0 spiro atoms. The molecule has 0 radical (unpaired) electrons. The van der Waals surface area contributed by atoms with Crippen molar-refractivity contribution in [1.82, 2.24) is 0 Å². The Bertz CT molecular complexity index is 914. The van der Waals surface area contributed by atoms with Crippen LogP contribution in [0.15, 0.2) is 42.5 Å². The lowest BCUT2D eigenvalue weighted by molar-refractivity contribution is -0.123. The predicted molar refractivity (Wildman–Crippen MR) is 106 cm³/mol. The summed E-state index contributed by atoms with van der Waals surface area (Å²) in [6.07, 6.45) is 0.122. The number of nitrogens with zero attached hydrogens (tertiary/aromatic N) is 1. The van der Waals surface area contributed by atoms with Crippen LogP contribution >= 0.6 is 11.6 Å². The van der Waals surface area contributed by atoms with E-state index in [2.05, 4.69) is 5.32 Å². The van der Waals surface area contributed by atoms with Crippen LogP contribution in [0.5, 0.6) is 5.75 Å². The molecule has 0 bridgehead atoms. The molecule has 8 heteroatoms. The quantitative estimate of drug-likeness (QED) is 0.776. The Kier molecular flexibility index (Phi) is 5.84. The Morgan fingerprint density at radius 2 is 1.96 bits per heavy atom. The predicted octanol–water partition coefficient (Wildman–Crippen LogP) is 2.50. The van der Waals surface area contributed by atoms with E-state index in [1.165, 1.54) is 4.90 Å². The second-order valence-electron chi connectivity index (χ2n) is 6.60. The summed E-state index contributed by atoms with van der Waals surface area (Å²) in [4.78, 5) is 36.9.